The second kappa shape index (κ2) is 7.59. The van der Waals surface area contributed by atoms with E-state index in [0.29, 0.717) is 23.6 Å². The lowest BCUT2D eigenvalue weighted by Gasteiger charge is -2.12. The summed E-state index contributed by atoms with van der Waals surface area (Å²) in [5, 5.41) is 3.37. The van der Waals surface area contributed by atoms with E-state index in [9.17, 15) is 4.79 Å². The Hall–Kier alpha value is -1.36. The highest BCUT2D eigenvalue weighted by Crippen LogP contribution is 2.23. The number of hydrogen-bond acceptors (Lipinski definition) is 2. The molecule has 0 radical (unpaired) electrons. The molecule has 1 atom stereocenters. The third-order valence-electron chi connectivity index (χ3n) is 3.15. The first-order valence-corrected chi connectivity index (χ1v) is 7.79. The number of carbonyl (C=O) groups is 1. The molecule has 3 N–H and O–H groups in total. The number of hydrogen-bond donors (Lipinski definition) is 2. The largest absolute Gasteiger partial charge is 0.352 e. The summed E-state index contributed by atoms with van der Waals surface area (Å²) in [5.41, 5.74) is 7.69. The highest BCUT2D eigenvalue weighted by Gasteiger charge is 2.09. The molecular formula is C16H16BrClN2O. The molecule has 0 aromatic heterocycles. The van der Waals surface area contributed by atoms with Crippen LogP contribution >= 0.6 is 27.5 Å². The highest BCUT2D eigenvalue weighted by atomic mass is 79.9. The number of halogens is 2. The summed E-state index contributed by atoms with van der Waals surface area (Å²) in [7, 11) is 0. The molecule has 3 nitrogen and oxygen atoms in total. The molecule has 0 fully saturated rings. The molecule has 0 saturated carbocycles. The Bertz CT molecular complexity index is 619. The van der Waals surface area contributed by atoms with Gasteiger partial charge in [0.2, 0.25) is 0 Å². The molecule has 0 aliphatic rings. The van der Waals surface area contributed by atoms with Crippen LogP contribution in [0.4, 0.5) is 0 Å². The Morgan fingerprint density at radius 2 is 1.95 bits per heavy atom. The predicted octanol–water partition coefficient (Wildman–Crippen LogP) is 3.92. The van der Waals surface area contributed by atoms with Crippen molar-refractivity contribution in [2.24, 2.45) is 5.73 Å². The number of carbonyl (C=O) groups excluding carboxylic acids is 1. The summed E-state index contributed by atoms with van der Waals surface area (Å²) >= 11 is 9.27. The SMILES string of the molecule is NC(CCNC(=O)c1ccc(Br)c(Cl)c1)c1ccccc1. The van der Waals surface area contributed by atoms with Crippen LogP contribution in [-0.4, -0.2) is 12.5 Å². The maximum absolute atomic E-state index is 12.0. The van der Waals surface area contributed by atoms with E-state index >= 15 is 0 Å². The van der Waals surface area contributed by atoms with E-state index < -0.39 is 0 Å². The van der Waals surface area contributed by atoms with Crippen LogP contribution in [0.15, 0.2) is 53.0 Å². The fraction of sp³-hybridized carbons (Fsp3) is 0.188. The van der Waals surface area contributed by atoms with Crippen LogP contribution in [0.25, 0.3) is 0 Å². The number of benzene rings is 2. The van der Waals surface area contributed by atoms with Crippen LogP contribution in [0.3, 0.4) is 0 Å². The minimum absolute atomic E-state index is 0.0833. The number of nitrogens with two attached hydrogens (primary N) is 1. The third-order valence-corrected chi connectivity index (χ3v) is 4.38. The molecule has 0 aliphatic heterocycles. The Morgan fingerprint density at radius 3 is 2.62 bits per heavy atom. The van der Waals surface area contributed by atoms with Crippen molar-refractivity contribution in [3.8, 4) is 0 Å². The van der Waals surface area contributed by atoms with Crippen molar-refractivity contribution in [2.45, 2.75) is 12.5 Å². The Kier molecular flexibility index (Phi) is 5.79. The van der Waals surface area contributed by atoms with E-state index in [0.717, 1.165) is 10.0 Å². The Balaban J connectivity index is 1.85. The van der Waals surface area contributed by atoms with Gasteiger partial charge in [0.1, 0.15) is 0 Å². The van der Waals surface area contributed by atoms with Crippen molar-refractivity contribution < 1.29 is 4.79 Å². The summed E-state index contributed by atoms with van der Waals surface area (Å²) in [6.07, 6.45) is 0.681. The summed E-state index contributed by atoms with van der Waals surface area (Å²) in [6.45, 7) is 0.516. The lowest BCUT2D eigenvalue weighted by atomic mass is 10.1. The zero-order chi connectivity index (χ0) is 15.2. The first-order valence-electron chi connectivity index (χ1n) is 6.61. The van der Waals surface area contributed by atoms with Crippen molar-refractivity contribution in [1.82, 2.24) is 5.32 Å². The molecular weight excluding hydrogens is 352 g/mol. The molecule has 1 amide bonds. The first-order chi connectivity index (χ1) is 10.1. The van der Waals surface area contributed by atoms with E-state index in [-0.39, 0.29) is 11.9 Å². The molecule has 2 rings (SSSR count). The minimum Gasteiger partial charge on any atom is -0.352 e. The zero-order valence-corrected chi connectivity index (χ0v) is 13.7. The first kappa shape index (κ1) is 16.0. The molecule has 21 heavy (non-hydrogen) atoms. The van der Waals surface area contributed by atoms with E-state index in [4.69, 9.17) is 17.3 Å². The average Bonchev–Trinajstić information content (AvgIpc) is 2.50. The van der Waals surface area contributed by atoms with Gasteiger partial charge in [-0.15, -0.1) is 0 Å². The van der Waals surface area contributed by atoms with Crippen molar-refractivity contribution in [3.63, 3.8) is 0 Å². The van der Waals surface area contributed by atoms with Crippen molar-refractivity contribution in [1.29, 1.82) is 0 Å². The summed E-state index contributed by atoms with van der Waals surface area (Å²) in [4.78, 5) is 12.0. The smallest absolute Gasteiger partial charge is 0.251 e. The van der Waals surface area contributed by atoms with E-state index in [1.165, 1.54) is 0 Å². The number of amides is 1. The van der Waals surface area contributed by atoms with Gasteiger partial charge in [-0.1, -0.05) is 41.9 Å². The van der Waals surface area contributed by atoms with E-state index in [2.05, 4.69) is 21.2 Å². The Labute approximate surface area is 137 Å². The van der Waals surface area contributed by atoms with Gasteiger partial charge in [0, 0.05) is 22.6 Å². The van der Waals surface area contributed by atoms with Crippen LogP contribution in [0, 0.1) is 0 Å². The predicted molar refractivity (Wildman–Crippen MR) is 89.5 cm³/mol. The van der Waals surface area contributed by atoms with Crippen LogP contribution in [-0.2, 0) is 0 Å². The maximum atomic E-state index is 12.0. The molecule has 110 valence electrons. The quantitative estimate of drug-likeness (QED) is 0.841. The highest BCUT2D eigenvalue weighted by molar-refractivity contribution is 9.10. The van der Waals surface area contributed by atoms with Crippen molar-refractivity contribution in [3.05, 3.63) is 69.2 Å². The normalized spacial score (nSPS) is 12.0. The molecule has 0 heterocycles. The van der Waals surface area contributed by atoms with Crippen LogP contribution in [0.2, 0.25) is 5.02 Å². The fourth-order valence-electron chi connectivity index (χ4n) is 1.95. The molecule has 5 heteroatoms. The van der Waals surface area contributed by atoms with Gasteiger partial charge >= 0.3 is 0 Å². The number of rotatable bonds is 5. The lowest BCUT2D eigenvalue weighted by Crippen LogP contribution is -2.27. The Morgan fingerprint density at radius 1 is 1.24 bits per heavy atom. The van der Waals surface area contributed by atoms with Gasteiger partial charge in [-0.05, 0) is 46.1 Å². The molecule has 1 unspecified atom stereocenters. The zero-order valence-electron chi connectivity index (χ0n) is 11.4. The third kappa shape index (κ3) is 4.56. The number of nitrogens with one attached hydrogen (secondary N) is 1. The second-order valence-corrected chi connectivity index (χ2v) is 5.95. The standard InChI is InChI=1S/C16H16BrClN2O/c17-13-7-6-12(10-14(13)18)16(21)20-9-8-15(19)11-4-2-1-3-5-11/h1-7,10,15H,8-9,19H2,(H,20,21). The van der Waals surface area contributed by atoms with Gasteiger partial charge in [-0.3, -0.25) is 4.79 Å². The monoisotopic (exact) mass is 366 g/mol. The second-order valence-electron chi connectivity index (χ2n) is 4.69. The molecule has 0 bridgehead atoms. The van der Waals surface area contributed by atoms with E-state index in [1.54, 1.807) is 18.2 Å². The summed E-state index contributed by atoms with van der Waals surface area (Å²) in [5.74, 6) is -0.148. The summed E-state index contributed by atoms with van der Waals surface area (Å²) < 4.78 is 0.770. The van der Waals surface area contributed by atoms with Crippen LogP contribution in [0.1, 0.15) is 28.4 Å². The van der Waals surface area contributed by atoms with Gasteiger partial charge in [0.25, 0.3) is 5.91 Å². The molecule has 0 spiro atoms. The fourth-order valence-corrected chi connectivity index (χ4v) is 2.37. The van der Waals surface area contributed by atoms with Gasteiger partial charge in [0.15, 0.2) is 0 Å². The van der Waals surface area contributed by atoms with Gasteiger partial charge in [-0.2, -0.15) is 0 Å². The topological polar surface area (TPSA) is 55.1 Å². The lowest BCUT2D eigenvalue weighted by molar-refractivity contribution is 0.0952. The van der Waals surface area contributed by atoms with Crippen molar-refractivity contribution >= 4 is 33.4 Å². The maximum Gasteiger partial charge on any atom is 0.251 e. The van der Waals surface area contributed by atoms with Crippen LogP contribution < -0.4 is 11.1 Å². The minimum atomic E-state index is -0.148. The van der Waals surface area contributed by atoms with E-state index in [1.807, 2.05) is 30.3 Å². The molecule has 0 aliphatic carbocycles. The molecule has 0 saturated heterocycles. The van der Waals surface area contributed by atoms with Crippen molar-refractivity contribution in [2.75, 3.05) is 6.54 Å². The molecule has 2 aromatic carbocycles. The van der Waals surface area contributed by atoms with Crippen LogP contribution in [0.5, 0.6) is 0 Å². The summed E-state index contributed by atoms with van der Waals surface area (Å²) in [6, 6.07) is 14.9. The van der Waals surface area contributed by atoms with Gasteiger partial charge in [0.05, 0.1) is 5.02 Å². The van der Waals surface area contributed by atoms with Gasteiger partial charge < -0.3 is 11.1 Å². The average molecular weight is 368 g/mol. The molecule has 2 aromatic rings. The van der Waals surface area contributed by atoms with Gasteiger partial charge in [-0.25, -0.2) is 0 Å².